The lowest BCUT2D eigenvalue weighted by Crippen LogP contribution is -2.48. The summed E-state index contributed by atoms with van der Waals surface area (Å²) in [6.07, 6.45) is 3.97. The molecule has 5 nitrogen and oxygen atoms in total. The third kappa shape index (κ3) is 4.46. The zero-order valence-corrected chi connectivity index (χ0v) is 17.2. The highest BCUT2D eigenvalue weighted by Crippen LogP contribution is 2.26. The molecule has 2 heterocycles. The largest absolute Gasteiger partial charge is 0.342 e. The van der Waals surface area contributed by atoms with E-state index in [0.717, 1.165) is 67.6 Å². The number of halogens is 1. The van der Waals surface area contributed by atoms with Crippen LogP contribution in [0, 0.1) is 12.8 Å². The number of rotatable bonds is 4. The minimum atomic E-state index is -0.203. The van der Waals surface area contributed by atoms with Gasteiger partial charge in [0.2, 0.25) is 11.8 Å². The summed E-state index contributed by atoms with van der Waals surface area (Å²) >= 11 is 3.51. The molecule has 1 unspecified atom stereocenters. The van der Waals surface area contributed by atoms with E-state index in [4.69, 9.17) is 0 Å². The van der Waals surface area contributed by atoms with Crippen molar-refractivity contribution in [2.24, 2.45) is 5.92 Å². The SMILES string of the molecule is Cc1ccc(NC(=O)C(C)N2CCC(C(=O)N3CCCC3)CC2)c(Br)c1. The first-order valence-corrected chi connectivity index (χ1v) is 10.3. The van der Waals surface area contributed by atoms with E-state index in [1.165, 1.54) is 0 Å². The number of carbonyl (C=O) groups is 2. The van der Waals surface area contributed by atoms with Crippen LogP contribution in [-0.4, -0.2) is 53.8 Å². The van der Waals surface area contributed by atoms with Crippen LogP contribution in [0.3, 0.4) is 0 Å². The van der Waals surface area contributed by atoms with Crippen LogP contribution in [0.2, 0.25) is 0 Å². The summed E-state index contributed by atoms with van der Waals surface area (Å²) in [7, 11) is 0. The molecule has 1 N–H and O–H groups in total. The minimum Gasteiger partial charge on any atom is -0.342 e. The summed E-state index contributed by atoms with van der Waals surface area (Å²) in [5.74, 6) is 0.451. The average molecular weight is 422 g/mol. The topological polar surface area (TPSA) is 52.7 Å². The molecule has 0 radical (unpaired) electrons. The smallest absolute Gasteiger partial charge is 0.241 e. The Hall–Kier alpha value is -1.40. The fourth-order valence-electron chi connectivity index (χ4n) is 3.85. The number of benzene rings is 1. The second-order valence-corrected chi connectivity index (χ2v) is 8.35. The standard InChI is InChI=1S/C20H28BrN3O2/c1-14-5-6-18(17(21)13-14)22-19(25)15(2)23-11-7-16(8-12-23)20(26)24-9-3-4-10-24/h5-6,13,15-16H,3-4,7-12H2,1-2H3,(H,22,25). The van der Waals surface area contributed by atoms with Crippen LogP contribution in [0.15, 0.2) is 22.7 Å². The van der Waals surface area contributed by atoms with Gasteiger partial charge in [0.25, 0.3) is 0 Å². The quantitative estimate of drug-likeness (QED) is 0.809. The van der Waals surface area contributed by atoms with Gasteiger partial charge in [-0.3, -0.25) is 14.5 Å². The van der Waals surface area contributed by atoms with E-state index in [-0.39, 0.29) is 17.9 Å². The Bertz CT molecular complexity index is 665. The minimum absolute atomic E-state index is 0.00104. The van der Waals surface area contributed by atoms with Gasteiger partial charge >= 0.3 is 0 Å². The normalized spacial score (nSPS) is 20.2. The molecule has 3 rings (SSSR count). The van der Waals surface area contributed by atoms with Gasteiger partial charge in [-0.2, -0.15) is 0 Å². The van der Waals surface area contributed by atoms with Crippen molar-refractivity contribution in [2.45, 2.75) is 45.6 Å². The number of nitrogens with one attached hydrogen (secondary N) is 1. The Balaban J connectivity index is 1.51. The van der Waals surface area contributed by atoms with E-state index >= 15 is 0 Å². The number of anilines is 1. The van der Waals surface area contributed by atoms with Crippen LogP contribution in [0.1, 0.15) is 38.2 Å². The molecular weight excluding hydrogens is 394 g/mol. The van der Waals surface area contributed by atoms with Gasteiger partial charge in [0.05, 0.1) is 11.7 Å². The predicted molar refractivity (Wildman–Crippen MR) is 107 cm³/mol. The monoisotopic (exact) mass is 421 g/mol. The number of nitrogens with zero attached hydrogens (tertiary/aromatic N) is 2. The molecule has 0 saturated carbocycles. The van der Waals surface area contributed by atoms with Gasteiger partial charge in [-0.15, -0.1) is 0 Å². The second-order valence-electron chi connectivity index (χ2n) is 7.49. The summed E-state index contributed by atoms with van der Waals surface area (Å²) in [5, 5.41) is 3.01. The first kappa shape index (κ1) is 19.4. The Labute approximate surface area is 164 Å². The molecule has 6 heteroatoms. The average Bonchev–Trinajstić information content (AvgIpc) is 3.17. The van der Waals surface area contributed by atoms with Gasteiger partial charge in [0.1, 0.15) is 0 Å². The fourth-order valence-corrected chi connectivity index (χ4v) is 4.45. The van der Waals surface area contributed by atoms with E-state index < -0.39 is 0 Å². The molecule has 2 aliphatic heterocycles. The van der Waals surface area contributed by atoms with Gasteiger partial charge < -0.3 is 10.2 Å². The summed E-state index contributed by atoms with van der Waals surface area (Å²) in [6, 6.07) is 5.70. The first-order valence-electron chi connectivity index (χ1n) is 9.55. The van der Waals surface area contributed by atoms with Gasteiger partial charge in [-0.05, 0) is 86.2 Å². The van der Waals surface area contributed by atoms with Crippen molar-refractivity contribution in [2.75, 3.05) is 31.5 Å². The molecule has 1 aromatic carbocycles. The lowest BCUT2D eigenvalue weighted by Gasteiger charge is -2.36. The van der Waals surface area contributed by atoms with Crippen molar-refractivity contribution in [3.05, 3.63) is 28.2 Å². The van der Waals surface area contributed by atoms with Gasteiger partial charge in [-0.25, -0.2) is 0 Å². The highest BCUT2D eigenvalue weighted by molar-refractivity contribution is 9.10. The third-order valence-corrected chi connectivity index (χ3v) is 6.26. The third-order valence-electron chi connectivity index (χ3n) is 5.61. The van der Waals surface area contributed by atoms with Gasteiger partial charge in [0.15, 0.2) is 0 Å². The summed E-state index contributed by atoms with van der Waals surface area (Å²) in [4.78, 5) is 29.4. The Kier molecular flexibility index (Phi) is 6.35. The molecule has 0 spiro atoms. The van der Waals surface area contributed by atoms with Crippen molar-refractivity contribution < 1.29 is 9.59 Å². The van der Waals surface area contributed by atoms with E-state index in [1.54, 1.807) is 0 Å². The molecule has 1 aromatic rings. The molecule has 2 fully saturated rings. The van der Waals surface area contributed by atoms with Crippen LogP contribution < -0.4 is 5.32 Å². The molecule has 2 amide bonds. The van der Waals surface area contributed by atoms with Crippen LogP contribution in [0.4, 0.5) is 5.69 Å². The second kappa shape index (κ2) is 8.53. The number of hydrogen-bond acceptors (Lipinski definition) is 3. The van der Waals surface area contributed by atoms with Crippen LogP contribution in [0.25, 0.3) is 0 Å². The van der Waals surface area contributed by atoms with E-state index in [9.17, 15) is 9.59 Å². The fraction of sp³-hybridized carbons (Fsp3) is 0.600. The highest BCUT2D eigenvalue weighted by Gasteiger charge is 2.32. The molecule has 142 valence electrons. The molecule has 0 aromatic heterocycles. The van der Waals surface area contributed by atoms with E-state index in [1.807, 2.05) is 36.9 Å². The summed E-state index contributed by atoms with van der Waals surface area (Å²) in [5.41, 5.74) is 1.94. The molecule has 0 bridgehead atoms. The number of amides is 2. The molecule has 1 atom stereocenters. The van der Waals surface area contributed by atoms with Crippen molar-refractivity contribution in [1.29, 1.82) is 0 Å². The maximum atomic E-state index is 12.6. The van der Waals surface area contributed by atoms with Gasteiger partial charge in [-0.1, -0.05) is 6.07 Å². The van der Waals surface area contributed by atoms with E-state index in [2.05, 4.69) is 26.1 Å². The molecule has 2 aliphatic rings. The zero-order valence-electron chi connectivity index (χ0n) is 15.6. The van der Waals surface area contributed by atoms with Crippen LogP contribution >= 0.6 is 15.9 Å². The van der Waals surface area contributed by atoms with Crippen molar-refractivity contribution >= 4 is 33.4 Å². The van der Waals surface area contributed by atoms with Crippen LogP contribution in [-0.2, 0) is 9.59 Å². The summed E-state index contributed by atoms with van der Waals surface area (Å²) < 4.78 is 0.896. The number of piperidine rings is 1. The Morgan fingerprint density at radius 1 is 1.15 bits per heavy atom. The molecule has 26 heavy (non-hydrogen) atoms. The maximum absolute atomic E-state index is 12.6. The summed E-state index contributed by atoms with van der Waals surface area (Å²) in [6.45, 7) is 7.40. The van der Waals surface area contributed by atoms with Gasteiger partial charge in [0, 0.05) is 23.5 Å². The lowest BCUT2D eigenvalue weighted by atomic mass is 9.94. The maximum Gasteiger partial charge on any atom is 0.241 e. The number of aryl methyl sites for hydroxylation is 1. The Morgan fingerprint density at radius 3 is 2.42 bits per heavy atom. The number of hydrogen-bond donors (Lipinski definition) is 1. The lowest BCUT2D eigenvalue weighted by molar-refractivity contribution is -0.136. The number of likely N-dealkylation sites (tertiary alicyclic amines) is 2. The molecular formula is C20H28BrN3O2. The zero-order chi connectivity index (χ0) is 18.7. The van der Waals surface area contributed by atoms with Crippen LogP contribution in [0.5, 0.6) is 0 Å². The number of carbonyl (C=O) groups excluding carboxylic acids is 2. The highest BCUT2D eigenvalue weighted by atomic mass is 79.9. The first-order chi connectivity index (χ1) is 12.5. The predicted octanol–water partition coefficient (Wildman–Crippen LogP) is 3.42. The van der Waals surface area contributed by atoms with Crippen molar-refractivity contribution in [3.8, 4) is 0 Å². The molecule has 0 aliphatic carbocycles. The van der Waals surface area contributed by atoms with E-state index in [0.29, 0.717) is 5.91 Å². The Morgan fingerprint density at radius 2 is 1.81 bits per heavy atom. The van der Waals surface area contributed by atoms with Crippen molar-refractivity contribution in [3.63, 3.8) is 0 Å². The van der Waals surface area contributed by atoms with Crippen molar-refractivity contribution in [1.82, 2.24) is 9.80 Å². The molecule has 2 saturated heterocycles.